The van der Waals surface area contributed by atoms with Gasteiger partial charge >= 0.3 is 0 Å². The van der Waals surface area contributed by atoms with E-state index in [9.17, 15) is 14.4 Å². The predicted molar refractivity (Wildman–Crippen MR) is 114 cm³/mol. The average molecular weight is 423 g/mol. The number of nitrogens with two attached hydrogens (primary N) is 1. The van der Waals surface area contributed by atoms with E-state index < -0.39 is 22.9 Å². The zero-order valence-corrected chi connectivity index (χ0v) is 16.9. The van der Waals surface area contributed by atoms with Gasteiger partial charge in [-0.2, -0.15) is 5.10 Å². The summed E-state index contributed by atoms with van der Waals surface area (Å²) in [6, 6.07) is 14.3. The third kappa shape index (κ3) is 3.48. The summed E-state index contributed by atoms with van der Waals surface area (Å²) in [6.45, 7) is 1.71. The minimum atomic E-state index is -0.935. The van der Waals surface area contributed by atoms with Gasteiger partial charge in [0.2, 0.25) is 11.3 Å². The molecule has 7 nitrogen and oxygen atoms in total. The van der Waals surface area contributed by atoms with Gasteiger partial charge in [-0.1, -0.05) is 29.8 Å². The minimum absolute atomic E-state index is 0.221. The van der Waals surface area contributed by atoms with Crippen LogP contribution in [0.5, 0.6) is 0 Å². The zero-order valence-electron chi connectivity index (χ0n) is 16.2. The molecule has 30 heavy (non-hydrogen) atoms. The Morgan fingerprint density at radius 2 is 1.93 bits per heavy atom. The molecule has 1 aromatic heterocycles. The first-order valence-electron chi connectivity index (χ1n) is 9.45. The molecule has 4 rings (SSSR count). The normalized spacial score (nSPS) is 15.8. The Morgan fingerprint density at radius 3 is 2.63 bits per heavy atom. The van der Waals surface area contributed by atoms with Crippen molar-refractivity contribution in [2.24, 2.45) is 5.73 Å². The molecule has 2 aromatic carbocycles. The lowest BCUT2D eigenvalue weighted by molar-refractivity contribution is -0.117. The van der Waals surface area contributed by atoms with Crippen LogP contribution in [-0.2, 0) is 11.2 Å². The van der Waals surface area contributed by atoms with Crippen molar-refractivity contribution in [2.45, 2.75) is 25.7 Å². The summed E-state index contributed by atoms with van der Waals surface area (Å²) in [5.41, 5.74) is 7.34. The minimum Gasteiger partial charge on any atom is -0.364 e. The van der Waals surface area contributed by atoms with E-state index in [1.807, 2.05) is 18.2 Å². The highest BCUT2D eigenvalue weighted by Gasteiger charge is 2.32. The molecule has 1 aliphatic heterocycles. The number of para-hydroxylation sites is 1. The van der Waals surface area contributed by atoms with Crippen LogP contribution >= 0.6 is 11.6 Å². The molecule has 1 aliphatic rings. The summed E-state index contributed by atoms with van der Waals surface area (Å²) in [7, 11) is 0. The van der Waals surface area contributed by atoms with Gasteiger partial charge in [0.15, 0.2) is 5.69 Å². The lowest BCUT2D eigenvalue weighted by atomic mass is 9.91. The van der Waals surface area contributed by atoms with Crippen molar-refractivity contribution in [3.05, 3.63) is 86.3 Å². The van der Waals surface area contributed by atoms with Gasteiger partial charge in [-0.15, -0.1) is 0 Å². The molecule has 0 bridgehead atoms. The van der Waals surface area contributed by atoms with Crippen LogP contribution in [0.3, 0.4) is 0 Å². The first-order chi connectivity index (χ1) is 14.4. The van der Waals surface area contributed by atoms with Crippen LogP contribution in [0.4, 0.5) is 5.69 Å². The number of rotatable bonds is 3. The fourth-order valence-electron chi connectivity index (χ4n) is 3.84. The molecule has 0 saturated heterocycles. The van der Waals surface area contributed by atoms with Crippen LogP contribution in [0, 0.1) is 6.92 Å². The Morgan fingerprint density at radius 1 is 1.20 bits per heavy atom. The monoisotopic (exact) mass is 422 g/mol. The molecule has 0 aliphatic carbocycles. The van der Waals surface area contributed by atoms with Crippen LogP contribution in [0.25, 0.3) is 5.69 Å². The number of carbonyl (C=O) groups excluding carboxylic acids is 2. The van der Waals surface area contributed by atoms with E-state index in [1.54, 1.807) is 37.3 Å². The van der Waals surface area contributed by atoms with E-state index in [0.717, 1.165) is 5.56 Å². The van der Waals surface area contributed by atoms with Crippen LogP contribution in [0.1, 0.15) is 39.6 Å². The third-order valence-electron chi connectivity index (χ3n) is 5.29. The lowest BCUT2D eigenvalue weighted by Crippen LogP contribution is -2.34. The van der Waals surface area contributed by atoms with Crippen molar-refractivity contribution >= 4 is 29.1 Å². The van der Waals surface area contributed by atoms with Gasteiger partial charge in [-0.3, -0.25) is 14.4 Å². The number of hydrogen-bond acceptors (Lipinski definition) is 4. The molecular formula is C22H19ClN4O3. The van der Waals surface area contributed by atoms with Gasteiger partial charge in [0.25, 0.3) is 5.91 Å². The van der Waals surface area contributed by atoms with Crippen molar-refractivity contribution in [1.82, 2.24) is 9.78 Å². The maximum atomic E-state index is 13.1. The highest BCUT2D eigenvalue weighted by Crippen LogP contribution is 2.32. The number of aromatic nitrogens is 2. The molecule has 0 radical (unpaired) electrons. The van der Waals surface area contributed by atoms with Gasteiger partial charge in [0.1, 0.15) is 0 Å². The van der Waals surface area contributed by atoms with Crippen molar-refractivity contribution in [1.29, 1.82) is 0 Å². The summed E-state index contributed by atoms with van der Waals surface area (Å²) < 4.78 is 1.49. The molecule has 8 heteroatoms. The van der Waals surface area contributed by atoms with E-state index in [-0.39, 0.29) is 11.5 Å². The number of aryl methyl sites for hydroxylation is 1. The second kappa shape index (κ2) is 7.76. The summed E-state index contributed by atoms with van der Waals surface area (Å²) in [4.78, 5) is 38.1. The highest BCUT2D eigenvalue weighted by atomic mass is 35.5. The third-order valence-corrected chi connectivity index (χ3v) is 5.53. The zero-order chi connectivity index (χ0) is 21.4. The Kier molecular flexibility index (Phi) is 5.13. The summed E-state index contributed by atoms with van der Waals surface area (Å²) >= 11 is 6.09. The Hall–Kier alpha value is -3.45. The van der Waals surface area contributed by atoms with Gasteiger partial charge in [0.05, 0.1) is 11.6 Å². The fourth-order valence-corrected chi connectivity index (χ4v) is 4.03. The number of anilines is 1. The fraction of sp³-hybridized carbons (Fsp3) is 0.182. The van der Waals surface area contributed by atoms with Gasteiger partial charge in [-0.05, 0) is 55.7 Å². The largest absolute Gasteiger partial charge is 0.364 e. The summed E-state index contributed by atoms with van der Waals surface area (Å²) in [6.07, 6.45) is 0.921. The Balaban J connectivity index is 1.88. The Labute approximate surface area is 177 Å². The number of hydrogen-bond donors (Lipinski definition) is 2. The average Bonchev–Trinajstić information content (AvgIpc) is 2.87. The first kappa shape index (κ1) is 19.8. The molecule has 152 valence electrons. The maximum Gasteiger partial charge on any atom is 0.273 e. The maximum absolute atomic E-state index is 13.1. The molecule has 0 saturated carbocycles. The number of fused-ring (bicyclic) bond motifs is 1. The van der Waals surface area contributed by atoms with Crippen molar-refractivity contribution < 1.29 is 9.59 Å². The smallest absolute Gasteiger partial charge is 0.273 e. The number of benzene rings is 2. The van der Waals surface area contributed by atoms with Gasteiger partial charge in [-0.25, -0.2) is 4.68 Å². The van der Waals surface area contributed by atoms with E-state index >= 15 is 0 Å². The van der Waals surface area contributed by atoms with E-state index in [0.29, 0.717) is 34.9 Å². The van der Waals surface area contributed by atoms with Crippen LogP contribution in [0.2, 0.25) is 5.02 Å². The molecule has 2 amide bonds. The number of nitrogens with one attached hydrogen (secondary N) is 1. The van der Waals surface area contributed by atoms with Crippen LogP contribution in [-0.4, -0.2) is 21.6 Å². The van der Waals surface area contributed by atoms with Gasteiger partial charge < -0.3 is 11.1 Å². The quantitative estimate of drug-likeness (QED) is 0.676. The number of amides is 2. The van der Waals surface area contributed by atoms with Crippen molar-refractivity contribution in [3.8, 4) is 5.69 Å². The summed E-state index contributed by atoms with van der Waals surface area (Å²) in [5, 5.41) is 7.63. The van der Waals surface area contributed by atoms with Gasteiger partial charge in [0, 0.05) is 22.0 Å². The van der Waals surface area contributed by atoms with E-state index in [1.165, 1.54) is 4.68 Å². The lowest BCUT2D eigenvalue weighted by Gasteiger charge is -2.19. The second-order valence-electron chi connectivity index (χ2n) is 7.17. The number of carbonyl (C=O) groups is 2. The molecule has 0 fully saturated rings. The molecule has 1 atom stereocenters. The standard InChI is InChI=1S/C22H19ClN4O3/c1-12-18(16-9-7-13-11-14(23)8-10-17(13)25-22(16)30)20(28)19(21(24)29)26-27(12)15-5-3-2-4-6-15/h2-6,8,10-11,16H,7,9H2,1H3,(H2,24,29)(H,25,30). The van der Waals surface area contributed by atoms with E-state index in [4.69, 9.17) is 17.3 Å². The number of nitrogens with zero attached hydrogens (tertiary/aromatic N) is 2. The Bertz CT molecular complexity index is 1220. The number of primary amides is 1. The first-order valence-corrected chi connectivity index (χ1v) is 9.83. The van der Waals surface area contributed by atoms with Crippen molar-refractivity contribution in [3.63, 3.8) is 0 Å². The topological polar surface area (TPSA) is 107 Å². The van der Waals surface area contributed by atoms with Crippen molar-refractivity contribution in [2.75, 3.05) is 5.32 Å². The number of halogens is 1. The van der Waals surface area contributed by atoms with Crippen LogP contribution in [0.15, 0.2) is 53.3 Å². The van der Waals surface area contributed by atoms with Crippen LogP contribution < -0.4 is 16.5 Å². The highest BCUT2D eigenvalue weighted by molar-refractivity contribution is 6.30. The molecule has 0 spiro atoms. The summed E-state index contributed by atoms with van der Waals surface area (Å²) in [5.74, 6) is -2.02. The molecule has 2 heterocycles. The van der Waals surface area contributed by atoms with E-state index in [2.05, 4.69) is 10.4 Å². The SMILES string of the molecule is Cc1c(C2CCc3cc(Cl)ccc3NC2=O)c(=O)c(C(N)=O)nn1-c1ccccc1. The molecule has 1 unspecified atom stereocenters. The predicted octanol–water partition coefficient (Wildman–Crippen LogP) is 2.96. The molecular weight excluding hydrogens is 404 g/mol. The molecule has 3 aromatic rings. The molecule has 3 N–H and O–H groups in total. The second-order valence-corrected chi connectivity index (χ2v) is 7.61.